The fraction of sp³-hybridized carbons (Fsp3) is 0.286. The van der Waals surface area contributed by atoms with Crippen LogP contribution in [-0.2, 0) is 14.9 Å². The highest BCUT2D eigenvalue weighted by Crippen LogP contribution is 2.42. The first-order valence-corrected chi connectivity index (χ1v) is 9.27. The van der Waals surface area contributed by atoms with Gasteiger partial charge in [-0.15, -0.1) is 0 Å². The summed E-state index contributed by atoms with van der Waals surface area (Å²) < 4.78 is 32.4. The molecule has 2 aliphatic heterocycles. The van der Waals surface area contributed by atoms with Crippen molar-refractivity contribution in [2.45, 2.75) is 18.3 Å². The summed E-state index contributed by atoms with van der Waals surface area (Å²) in [4.78, 5) is 29.2. The summed E-state index contributed by atoms with van der Waals surface area (Å²) in [5, 5.41) is 19.1. The fourth-order valence-corrected chi connectivity index (χ4v) is 4.10. The van der Waals surface area contributed by atoms with Gasteiger partial charge in [0, 0.05) is 36.9 Å². The van der Waals surface area contributed by atoms with Crippen LogP contribution in [0.5, 0.6) is 0 Å². The number of hydrogen-bond acceptors (Lipinski definition) is 4. The van der Waals surface area contributed by atoms with Gasteiger partial charge in [-0.05, 0) is 42.7 Å². The quantitative estimate of drug-likeness (QED) is 0.788. The van der Waals surface area contributed by atoms with E-state index < -0.39 is 28.9 Å². The van der Waals surface area contributed by atoms with E-state index in [9.17, 15) is 28.7 Å². The molecular formula is C21H17F2N3O4. The molecule has 0 unspecified atom stereocenters. The Morgan fingerprint density at radius 1 is 1.20 bits per heavy atom. The smallest absolute Gasteiger partial charge is 0.339 e. The number of nitriles is 1. The Morgan fingerprint density at radius 3 is 2.57 bits per heavy atom. The van der Waals surface area contributed by atoms with Crippen LogP contribution in [0.4, 0.5) is 8.78 Å². The van der Waals surface area contributed by atoms with Crippen LogP contribution >= 0.6 is 0 Å². The summed E-state index contributed by atoms with van der Waals surface area (Å²) in [5.41, 5.74) is 0.184. The van der Waals surface area contributed by atoms with Gasteiger partial charge in [-0.2, -0.15) is 5.26 Å². The average molecular weight is 413 g/mol. The maximum atomic E-state index is 13.7. The van der Waals surface area contributed by atoms with Gasteiger partial charge in [-0.3, -0.25) is 4.79 Å². The third-order valence-corrected chi connectivity index (χ3v) is 5.64. The number of aromatic nitrogens is 1. The van der Waals surface area contributed by atoms with Gasteiger partial charge >= 0.3 is 5.97 Å². The number of nitrogens with one attached hydrogen (secondary N) is 1. The molecule has 7 nitrogen and oxygen atoms in total. The van der Waals surface area contributed by atoms with Crippen LogP contribution < -0.4 is 0 Å². The van der Waals surface area contributed by atoms with Crippen LogP contribution in [0.15, 0.2) is 30.5 Å². The van der Waals surface area contributed by atoms with Crippen molar-refractivity contribution in [2.24, 2.45) is 0 Å². The van der Waals surface area contributed by atoms with Crippen molar-refractivity contribution in [2.75, 3.05) is 19.8 Å². The number of carboxylic acid groups (broad SMARTS) is 1. The van der Waals surface area contributed by atoms with E-state index in [4.69, 9.17) is 4.74 Å². The summed E-state index contributed by atoms with van der Waals surface area (Å²) in [7, 11) is 0. The van der Waals surface area contributed by atoms with Gasteiger partial charge in [-0.1, -0.05) is 0 Å². The van der Waals surface area contributed by atoms with E-state index in [0.717, 1.165) is 18.2 Å². The van der Waals surface area contributed by atoms with Gasteiger partial charge in [0.25, 0.3) is 5.91 Å². The largest absolute Gasteiger partial charge is 0.478 e. The number of H-pyrrole nitrogens is 1. The molecule has 154 valence electrons. The Labute approximate surface area is 170 Å². The van der Waals surface area contributed by atoms with Gasteiger partial charge in [0.15, 0.2) is 11.6 Å². The topological polar surface area (TPSA) is 106 Å². The Morgan fingerprint density at radius 2 is 1.93 bits per heavy atom. The normalized spacial score (nSPS) is 17.6. The second-order valence-electron chi connectivity index (χ2n) is 7.39. The van der Waals surface area contributed by atoms with Crippen molar-refractivity contribution in [1.82, 2.24) is 9.88 Å². The molecule has 0 radical (unpaired) electrons. The summed E-state index contributed by atoms with van der Waals surface area (Å²) in [6.07, 6.45) is 2.20. The van der Waals surface area contributed by atoms with Crippen LogP contribution in [-0.4, -0.2) is 46.6 Å². The van der Waals surface area contributed by atoms with Gasteiger partial charge in [0.05, 0.1) is 11.3 Å². The van der Waals surface area contributed by atoms with Gasteiger partial charge in [0.1, 0.15) is 11.8 Å². The SMILES string of the molecule is N#Cc1cc2c([nH]1)C(C(=O)O)=CN(C(=O)c1ccc(F)c(F)c1)CC21CCOCC1. The van der Waals surface area contributed by atoms with E-state index in [2.05, 4.69) is 4.98 Å². The highest BCUT2D eigenvalue weighted by molar-refractivity contribution is 6.16. The van der Waals surface area contributed by atoms with Crippen molar-refractivity contribution in [3.05, 3.63) is 64.6 Å². The van der Waals surface area contributed by atoms with E-state index in [-0.39, 0.29) is 29.1 Å². The summed E-state index contributed by atoms with van der Waals surface area (Å²) in [6.45, 7) is 0.922. The van der Waals surface area contributed by atoms with E-state index in [1.54, 1.807) is 6.07 Å². The first-order valence-electron chi connectivity index (χ1n) is 9.27. The first-order chi connectivity index (χ1) is 14.3. The zero-order valence-corrected chi connectivity index (χ0v) is 15.7. The van der Waals surface area contributed by atoms with Crippen molar-refractivity contribution in [3.8, 4) is 6.07 Å². The Kier molecular flexibility index (Phi) is 4.87. The summed E-state index contributed by atoms with van der Waals surface area (Å²) >= 11 is 0. The minimum absolute atomic E-state index is 0.0969. The molecule has 4 rings (SSSR count). The molecule has 1 saturated heterocycles. The molecule has 0 aliphatic carbocycles. The molecule has 3 heterocycles. The van der Waals surface area contributed by atoms with Crippen LogP contribution in [0.3, 0.4) is 0 Å². The molecule has 1 amide bonds. The molecule has 0 bridgehead atoms. The maximum absolute atomic E-state index is 13.7. The number of fused-ring (bicyclic) bond motifs is 2. The van der Waals surface area contributed by atoms with Crippen molar-refractivity contribution < 1.29 is 28.2 Å². The second kappa shape index (κ2) is 7.39. The number of carbonyl (C=O) groups excluding carboxylic acids is 1. The molecule has 1 spiro atoms. The third kappa shape index (κ3) is 3.25. The highest BCUT2D eigenvalue weighted by Gasteiger charge is 2.43. The number of carbonyl (C=O) groups is 2. The number of rotatable bonds is 2. The second-order valence-corrected chi connectivity index (χ2v) is 7.39. The number of aromatic amines is 1. The first kappa shape index (κ1) is 19.8. The molecule has 30 heavy (non-hydrogen) atoms. The number of aliphatic carboxylic acids is 1. The van der Waals surface area contributed by atoms with E-state index in [1.807, 2.05) is 6.07 Å². The zero-order valence-electron chi connectivity index (χ0n) is 15.7. The van der Waals surface area contributed by atoms with Crippen LogP contribution in [0.1, 0.15) is 40.2 Å². The van der Waals surface area contributed by atoms with Crippen LogP contribution in [0.25, 0.3) is 5.57 Å². The van der Waals surface area contributed by atoms with E-state index >= 15 is 0 Å². The molecule has 2 N–H and O–H groups in total. The lowest BCUT2D eigenvalue weighted by Crippen LogP contribution is -2.44. The van der Waals surface area contributed by atoms with Crippen molar-refractivity contribution >= 4 is 17.4 Å². The van der Waals surface area contributed by atoms with Gasteiger partial charge in [-0.25, -0.2) is 13.6 Å². The number of carboxylic acids is 1. The fourth-order valence-electron chi connectivity index (χ4n) is 4.10. The highest BCUT2D eigenvalue weighted by atomic mass is 19.2. The molecule has 2 aliphatic rings. The molecule has 2 aromatic rings. The van der Waals surface area contributed by atoms with Gasteiger partial charge in [0.2, 0.25) is 0 Å². The lowest BCUT2D eigenvalue weighted by atomic mass is 9.73. The van der Waals surface area contributed by atoms with E-state index in [1.165, 1.54) is 11.1 Å². The monoisotopic (exact) mass is 413 g/mol. The standard InChI is InChI=1S/C21H17F2N3O4/c22-16-2-1-12(7-17(16)23)19(27)26-10-14(20(28)29)18-15(8-13(9-24)25-18)21(11-26)3-5-30-6-4-21/h1-2,7-8,10,25H,3-6,11H2,(H,28,29). The van der Waals surface area contributed by atoms with Crippen LogP contribution in [0.2, 0.25) is 0 Å². The number of benzene rings is 1. The Hall–Kier alpha value is -3.51. The number of nitrogens with zero attached hydrogens (tertiary/aromatic N) is 2. The predicted octanol–water partition coefficient (Wildman–Crippen LogP) is 2.79. The average Bonchev–Trinajstić information content (AvgIpc) is 3.13. The Bertz CT molecular complexity index is 1110. The lowest BCUT2D eigenvalue weighted by molar-refractivity contribution is -0.130. The summed E-state index contributed by atoms with van der Waals surface area (Å²) in [5.74, 6) is -4.18. The number of halogens is 2. The molecule has 0 atom stereocenters. The molecular weight excluding hydrogens is 396 g/mol. The number of hydrogen-bond donors (Lipinski definition) is 2. The van der Waals surface area contributed by atoms with E-state index in [0.29, 0.717) is 31.6 Å². The molecule has 0 saturated carbocycles. The number of amides is 1. The van der Waals surface area contributed by atoms with Crippen molar-refractivity contribution in [1.29, 1.82) is 5.26 Å². The minimum Gasteiger partial charge on any atom is -0.478 e. The minimum atomic E-state index is -1.28. The maximum Gasteiger partial charge on any atom is 0.339 e. The molecule has 1 fully saturated rings. The van der Waals surface area contributed by atoms with Gasteiger partial charge < -0.3 is 19.7 Å². The number of ether oxygens (including phenoxy) is 1. The zero-order chi connectivity index (χ0) is 21.5. The van der Waals surface area contributed by atoms with Crippen LogP contribution in [0, 0.1) is 23.0 Å². The van der Waals surface area contributed by atoms with Crippen molar-refractivity contribution in [3.63, 3.8) is 0 Å². The Balaban J connectivity index is 1.86. The molecule has 9 heteroatoms. The third-order valence-electron chi connectivity index (χ3n) is 5.64. The molecule has 1 aromatic heterocycles. The lowest BCUT2D eigenvalue weighted by Gasteiger charge is -2.39. The molecule has 1 aromatic carbocycles. The summed E-state index contributed by atoms with van der Waals surface area (Å²) in [6, 6.07) is 6.41. The predicted molar refractivity (Wildman–Crippen MR) is 100 cm³/mol.